The quantitative estimate of drug-likeness (QED) is 0.315. The predicted octanol–water partition coefficient (Wildman–Crippen LogP) is 4.40. The smallest absolute Gasteiger partial charge is 0.275 e. The van der Waals surface area contributed by atoms with Crippen LogP contribution in [0.1, 0.15) is 18.1 Å². The summed E-state index contributed by atoms with van der Waals surface area (Å²) in [5.74, 6) is -1.02. The first-order valence-corrected chi connectivity index (χ1v) is 11.7. The van der Waals surface area contributed by atoms with Crippen molar-refractivity contribution in [3.63, 3.8) is 0 Å². The summed E-state index contributed by atoms with van der Waals surface area (Å²) in [6, 6.07) is 16.7. The lowest BCUT2D eigenvalue weighted by molar-refractivity contribution is -0.117. The summed E-state index contributed by atoms with van der Waals surface area (Å²) < 4.78 is 28.2. The van der Waals surface area contributed by atoms with Gasteiger partial charge in [0.05, 0.1) is 24.0 Å². The molecule has 1 atom stereocenters. The molecule has 0 bridgehead atoms. The fourth-order valence-electron chi connectivity index (χ4n) is 3.73. The van der Waals surface area contributed by atoms with E-state index in [4.69, 9.17) is 0 Å². The zero-order chi connectivity index (χ0) is 26.4. The highest BCUT2D eigenvalue weighted by molar-refractivity contribution is 5.94. The standard InChI is InChI=1S/C28H27F2N5O2/c1-18(31-2)27(36)34-25-11-12-26(21-5-9-23(30)10-6-21)35(28(25)37)17-20-13-24(16-32-14-20)33-15-19-3-7-22(29)8-4-19/h3-14,16,18,31,33H,15,17H2,1-2H3,(H,34,36)/t18-/m0/s1. The number of nitrogens with one attached hydrogen (secondary N) is 3. The molecule has 3 N–H and O–H groups in total. The van der Waals surface area contributed by atoms with Gasteiger partial charge in [-0.2, -0.15) is 0 Å². The molecule has 7 nitrogen and oxygen atoms in total. The third-order valence-corrected chi connectivity index (χ3v) is 5.94. The van der Waals surface area contributed by atoms with Crippen molar-refractivity contribution in [2.24, 2.45) is 0 Å². The van der Waals surface area contributed by atoms with E-state index in [-0.39, 0.29) is 29.8 Å². The Kier molecular flexibility index (Phi) is 8.05. The molecule has 0 radical (unpaired) electrons. The highest BCUT2D eigenvalue weighted by atomic mass is 19.1. The van der Waals surface area contributed by atoms with Gasteiger partial charge in [-0.05, 0) is 85.3 Å². The maximum atomic E-state index is 13.5. The first kappa shape index (κ1) is 25.7. The molecular weight excluding hydrogens is 476 g/mol. The summed E-state index contributed by atoms with van der Waals surface area (Å²) >= 11 is 0. The molecule has 0 spiro atoms. The average molecular weight is 504 g/mol. The molecule has 0 saturated heterocycles. The number of likely N-dealkylation sites (N-methyl/N-ethyl adjacent to an activating group) is 1. The number of aromatic nitrogens is 2. The highest BCUT2D eigenvalue weighted by Gasteiger charge is 2.16. The van der Waals surface area contributed by atoms with Gasteiger partial charge in [0, 0.05) is 18.9 Å². The number of halogens is 2. The molecule has 1 amide bonds. The van der Waals surface area contributed by atoms with Crippen molar-refractivity contribution in [1.29, 1.82) is 0 Å². The van der Waals surface area contributed by atoms with Gasteiger partial charge in [0.1, 0.15) is 17.3 Å². The largest absolute Gasteiger partial charge is 0.380 e. The van der Waals surface area contributed by atoms with Gasteiger partial charge in [0.2, 0.25) is 5.91 Å². The molecule has 190 valence electrons. The summed E-state index contributed by atoms with van der Waals surface area (Å²) in [7, 11) is 1.66. The SMILES string of the molecule is CN[C@@H](C)C(=O)Nc1ccc(-c2ccc(F)cc2)n(Cc2cncc(NCc3ccc(F)cc3)c2)c1=O. The van der Waals surface area contributed by atoms with E-state index in [2.05, 4.69) is 20.9 Å². The number of benzene rings is 2. The number of rotatable bonds is 9. The van der Waals surface area contributed by atoms with Gasteiger partial charge in [0.25, 0.3) is 5.56 Å². The van der Waals surface area contributed by atoms with E-state index in [0.29, 0.717) is 17.8 Å². The Hall–Kier alpha value is -4.37. The van der Waals surface area contributed by atoms with E-state index in [0.717, 1.165) is 16.8 Å². The van der Waals surface area contributed by atoms with Crippen molar-refractivity contribution in [1.82, 2.24) is 14.9 Å². The fourth-order valence-corrected chi connectivity index (χ4v) is 3.73. The van der Waals surface area contributed by atoms with Crippen molar-refractivity contribution in [3.05, 3.63) is 112 Å². The van der Waals surface area contributed by atoms with Gasteiger partial charge in [-0.15, -0.1) is 0 Å². The normalized spacial score (nSPS) is 11.7. The van der Waals surface area contributed by atoms with Crippen molar-refractivity contribution in [2.75, 3.05) is 17.7 Å². The van der Waals surface area contributed by atoms with Crippen molar-refractivity contribution in [3.8, 4) is 11.3 Å². The lowest BCUT2D eigenvalue weighted by atomic mass is 10.1. The second-order valence-corrected chi connectivity index (χ2v) is 8.59. The molecule has 2 aromatic heterocycles. The number of nitrogens with zero attached hydrogens (tertiary/aromatic N) is 2. The van der Waals surface area contributed by atoms with Crippen molar-refractivity contribution in [2.45, 2.75) is 26.1 Å². The number of carbonyl (C=O) groups excluding carboxylic acids is 1. The van der Waals surface area contributed by atoms with Crippen LogP contribution in [0.5, 0.6) is 0 Å². The molecule has 37 heavy (non-hydrogen) atoms. The summed E-state index contributed by atoms with van der Waals surface area (Å²) in [6.45, 7) is 2.32. The predicted molar refractivity (Wildman–Crippen MR) is 140 cm³/mol. The number of carbonyl (C=O) groups is 1. The number of amides is 1. The summed E-state index contributed by atoms with van der Waals surface area (Å²) in [5, 5.41) is 8.78. The Balaban J connectivity index is 1.65. The van der Waals surface area contributed by atoms with Crippen LogP contribution in [0.4, 0.5) is 20.2 Å². The average Bonchev–Trinajstić information content (AvgIpc) is 2.91. The second kappa shape index (κ2) is 11.6. The maximum absolute atomic E-state index is 13.5. The molecule has 0 fully saturated rings. The molecule has 2 heterocycles. The zero-order valence-electron chi connectivity index (χ0n) is 20.5. The van der Waals surface area contributed by atoms with Crippen molar-refractivity contribution < 1.29 is 13.6 Å². The van der Waals surface area contributed by atoms with Crippen LogP contribution in [0.2, 0.25) is 0 Å². The summed E-state index contributed by atoms with van der Waals surface area (Å²) in [4.78, 5) is 30.2. The molecule has 2 aromatic carbocycles. The van der Waals surface area contributed by atoms with Gasteiger partial charge in [-0.25, -0.2) is 8.78 Å². The fraction of sp³-hybridized carbons (Fsp3) is 0.179. The molecule has 9 heteroatoms. The molecule has 0 unspecified atom stereocenters. The van der Waals surface area contributed by atoms with Gasteiger partial charge in [0.15, 0.2) is 0 Å². The van der Waals surface area contributed by atoms with E-state index in [1.165, 1.54) is 28.8 Å². The second-order valence-electron chi connectivity index (χ2n) is 8.59. The Labute approximate surface area is 213 Å². The summed E-state index contributed by atoms with van der Waals surface area (Å²) in [5.41, 5.74) is 3.32. The van der Waals surface area contributed by atoms with Crippen LogP contribution in [0.25, 0.3) is 11.3 Å². The first-order valence-electron chi connectivity index (χ1n) is 11.7. The number of hydrogen-bond acceptors (Lipinski definition) is 5. The van der Waals surface area contributed by atoms with E-state index in [1.54, 1.807) is 62.8 Å². The van der Waals surface area contributed by atoms with E-state index in [1.807, 2.05) is 6.07 Å². The molecule has 4 aromatic rings. The van der Waals surface area contributed by atoms with Gasteiger partial charge in [-0.3, -0.25) is 14.6 Å². The van der Waals surface area contributed by atoms with Crippen LogP contribution < -0.4 is 21.5 Å². The molecule has 0 aliphatic rings. The molecule has 0 aliphatic carbocycles. The maximum Gasteiger partial charge on any atom is 0.275 e. The minimum absolute atomic E-state index is 0.136. The lowest BCUT2D eigenvalue weighted by Crippen LogP contribution is -2.37. The summed E-state index contributed by atoms with van der Waals surface area (Å²) in [6.07, 6.45) is 3.31. The minimum atomic E-state index is -0.488. The zero-order valence-corrected chi connectivity index (χ0v) is 20.5. The Bertz CT molecular complexity index is 1440. The Morgan fingerprint density at radius 2 is 1.62 bits per heavy atom. The molecule has 0 saturated carbocycles. The monoisotopic (exact) mass is 503 g/mol. The Morgan fingerprint density at radius 1 is 0.946 bits per heavy atom. The molecular formula is C28H27F2N5O2. The minimum Gasteiger partial charge on any atom is -0.380 e. The van der Waals surface area contributed by atoms with Crippen LogP contribution in [-0.2, 0) is 17.9 Å². The van der Waals surface area contributed by atoms with Crippen LogP contribution in [-0.4, -0.2) is 28.5 Å². The molecule has 4 rings (SSSR count). The number of hydrogen-bond donors (Lipinski definition) is 3. The third-order valence-electron chi connectivity index (χ3n) is 5.94. The van der Waals surface area contributed by atoms with Gasteiger partial charge in [-0.1, -0.05) is 12.1 Å². The van der Waals surface area contributed by atoms with Gasteiger partial charge >= 0.3 is 0 Å². The van der Waals surface area contributed by atoms with Crippen LogP contribution in [0.15, 0.2) is 83.9 Å². The van der Waals surface area contributed by atoms with E-state index < -0.39 is 11.6 Å². The third kappa shape index (κ3) is 6.45. The first-order chi connectivity index (χ1) is 17.8. The number of anilines is 2. The van der Waals surface area contributed by atoms with Crippen LogP contribution in [0.3, 0.4) is 0 Å². The Morgan fingerprint density at radius 3 is 2.30 bits per heavy atom. The topological polar surface area (TPSA) is 88.1 Å². The molecule has 0 aliphatic heterocycles. The lowest BCUT2D eigenvalue weighted by Gasteiger charge is -2.17. The number of pyridine rings is 2. The van der Waals surface area contributed by atoms with Gasteiger partial charge < -0.3 is 20.5 Å². The van der Waals surface area contributed by atoms with Crippen LogP contribution >= 0.6 is 0 Å². The van der Waals surface area contributed by atoms with E-state index in [9.17, 15) is 18.4 Å². The van der Waals surface area contributed by atoms with Crippen molar-refractivity contribution >= 4 is 17.3 Å². The van der Waals surface area contributed by atoms with Crippen LogP contribution in [0, 0.1) is 11.6 Å². The highest BCUT2D eigenvalue weighted by Crippen LogP contribution is 2.22. The van der Waals surface area contributed by atoms with E-state index >= 15 is 0 Å².